The lowest BCUT2D eigenvalue weighted by molar-refractivity contribution is -0.123. The molecule has 0 spiro atoms. The van der Waals surface area contributed by atoms with Crippen LogP contribution in [0.3, 0.4) is 0 Å². The van der Waals surface area contributed by atoms with E-state index in [4.69, 9.17) is 16.0 Å². The van der Waals surface area contributed by atoms with Crippen molar-refractivity contribution in [3.8, 4) is 0 Å². The molecule has 0 saturated heterocycles. The van der Waals surface area contributed by atoms with Crippen LogP contribution in [0.15, 0.2) is 35.1 Å². The minimum absolute atomic E-state index is 0.425. The molecule has 1 aliphatic rings. The van der Waals surface area contributed by atoms with Crippen LogP contribution >= 0.6 is 11.6 Å². The topological polar surface area (TPSA) is 65.7 Å². The molecule has 3 rings (SSSR count). The van der Waals surface area contributed by atoms with E-state index in [1.54, 1.807) is 24.7 Å². The molecule has 0 radical (unpaired) electrons. The van der Waals surface area contributed by atoms with Crippen molar-refractivity contribution in [1.29, 1.82) is 0 Å². The minimum atomic E-state index is -1.14. The number of amides is 1. The molecule has 2 N–H and O–H groups in total. The van der Waals surface area contributed by atoms with Crippen molar-refractivity contribution in [2.45, 2.75) is 12.6 Å². The molecule has 0 saturated carbocycles. The van der Waals surface area contributed by atoms with Crippen LogP contribution in [0, 0.1) is 0 Å². The molecular weight excluding hydrogens is 280 g/mol. The summed E-state index contributed by atoms with van der Waals surface area (Å²) in [6, 6.07) is 5.27. The van der Waals surface area contributed by atoms with Gasteiger partial charge in [0.05, 0.1) is 23.2 Å². The summed E-state index contributed by atoms with van der Waals surface area (Å²) in [7, 11) is 1.90. The molecule has 0 bridgehead atoms. The Labute approximate surface area is 120 Å². The molecule has 2 heterocycles. The van der Waals surface area contributed by atoms with E-state index in [1.807, 2.05) is 18.0 Å². The SMILES string of the molecule is CN(Cc1ccoc1)c1cc2c(cc1Cl)C(O)C(=O)N2. The smallest absolute Gasteiger partial charge is 0.257 e. The number of rotatable bonds is 3. The van der Waals surface area contributed by atoms with Crippen molar-refractivity contribution in [3.05, 3.63) is 46.9 Å². The first-order valence-corrected chi connectivity index (χ1v) is 6.48. The number of carbonyl (C=O) groups is 1. The van der Waals surface area contributed by atoms with E-state index >= 15 is 0 Å². The molecule has 0 fully saturated rings. The summed E-state index contributed by atoms with van der Waals surface area (Å²) in [5.74, 6) is -0.425. The van der Waals surface area contributed by atoms with E-state index in [0.717, 1.165) is 11.3 Å². The summed E-state index contributed by atoms with van der Waals surface area (Å²) in [6.07, 6.45) is 2.14. The number of halogens is 1. The average molecular weight is 293 g/mol. The second-order valence-electron chi connectivity index (χ2n) is 4.77. The summed E-state index contributed by atoms with van der Waals surface area (Å²) >= 11 is 6.24. The molecule has 1 unspecified atom stereocenters. The number of nitrogens with one attached hydrogen (secondary N) is 1. The number of hydrogen-bond acceptors (Lipinski definition) is 4. The second-order valence-corrected chi connectivity index (χ2v) is 5.18. The molecule has 1 aliphatic heterocycles. The fourth-order valence-electron chi connectivity index (χ4n) is 2.29. The maximum absolute atomic E-state index is 11.4. The molecule has 5 nitrogen and oxygen atoms in total. The van der Waals surface area contributed by atoms with E-state index in [9.17, 15) is 9.90 Å². The average Bonchev–Trinajstić information content (AvgIpc) is 3.00. The Kier molecular flexibility index (Phi) is 3.16. The van der Waals surface area contributed by atoms with Gasteiger partial charge in [0, 0.05) is 30.4 Å². The zero-order valence-electron chi connectivity index (χ0n) is 10.8. The van der Waals surface area contributed by atoms with E-state index in [0.29, 0.717) is 22.8 Å². The lowest BCUT2D eigenvalue weighted by Crippen LogP contribution is -2.16. The number of fused-ring (bicyclic) bond motifs is 1. The number of furan rings is 1. The number of benzene rings is 1. The molecular formula is C14H13ClN2O3. The number of nitrogens with zero attached hydrogens (tertiary/aromatic N) is 1. The van der Waals surface area contributed by atoms with Gasteiger partial charge in [-0.2, -0.15) is 0 Å². The molecule has 1 aromatic carbocycles. The van der Waals surface area contributed by atoms with Crippen molar-refractivity contribution in [1.82, 2.24) is 0 Å². The minimum Gasteiger partial charge on any atom is -0.472 e. The highest BCUT2D eigenvalue weighted by Gasteiger charge is 2.30. The van der Waals surface area contributed by atoms with Crippen LogP contribution < -0.4 is 10.2 Å². The predicted molar refractivity (Wildman–Crippen MR) is 75.9 cm³/mol. The molecule has 104 valence electrons. The van der Waals surface area contributed by atoms with Gasteiger partial charge in [0.1, 0.15) is 0 Å². The van der Waals surface area contributed by atoms with Crippen LogP contribution in [0.4, 0.5) is 11.4 Å². The number of carbonyl (C=O) groups excluding carboxylic acids is 1. The third-order valence-corrected chi connectivity index (χ3v) is 3.63. The Morgan fingerprint density at radius 2 is 2.30 bits per heavy atom. The van der Waals surface area contributed by atoms with Gasteiger partial charge in [-0.05, 0) is 18.2 Å². The number of aliphatic hydroxyl groups is 1. The third kappa shape index (κ3) is 2.15. The van der Waals surface area contributed by atoms with Gasteiger partial charge in [-0.15, -0.1) is 0 Å². The van der Waals surface area contributed by atoms with Gasteiger partial charge in [-0.25, -0.2) is 0 Å². The van der Waals surface area contributed by atoms with Gasteiger partial charge in [0.2, 0.25) is 0 Å². The highest BCUT2D eigenvalue weighted by Crippen LogP contribution is 2.38. The Hall–Kier alpha value is -1.98. The number of hydrogen-bond donors (Lipinski definition) is 2. The normalized spacial score (nSPS) is 16.9. The monoisotopic (exact) mass is 292 g/mol. The van der Waals surface area contributed by atoms with E-state index in [1.165, 1.54) is 0 Å². The van der Waals surface area contributed by atoms with Crippen molar-refractivity contribution in [2.24, 2.45) is 0 Å². The Morgan fingerprint density at radius 1 is 1.50 bits per heavy atom. The fraction of sp³-hybridized carbons (Fsp3) is 0.214. The number of aliphatic hydroxyl groups excluding tert-OH is 1. The molecule has 1 aromatic heterocycles. The zero-order chi connectivity index (χ0) is 14.3. The molecule has 6 heteroatoms. The summed E-state index contributed by atoms with van der Waals surface area (Å²) in [4.78, 5) is 13.4. The molecule has 2 aromatic rings. The first-order valence-electron chi connectivity index (χ1n) is 6.11. The van der Waals surface area contributed by atoms with E-state index in [-0.39, 0.29) is 0 Å². The zero-order valence-corrected chi connectivity index (χ0v) is 11.5. The van der Waals surface area contributed by atoms with Gasteiger partial charge in [-0.1, -0.05) is 11.6 Å². The van der Waals surface area contributed by atoms with Gasteiger partial charge < -0.3 is 19.7 Å². The van der Waals surface area contributed by atoms with Gasteiger partial charge >= 0.3 is 0 Å². The molecule has 1 atom stereocenters. The molecule has 20 heavy (non-hydrogen) atoms. The summed E-state index contributed by atoms with van der Waals surface area (Å²) in [5.41, 5.74) is 2.91. The predicted octanol–water partition coefficient (Wildman–Crippen LogP) is 2.55. The van der Waals surface area contributed by atoms with Crippen LogP contribution in [0.1, 0.15) is 17.2 Å². The van der Waals surface area contributed by atoms with Crippen LogP contribution in [0.2, 0.25) is 5.02 Å². The fourth-order valence-corrected chi connectivity index (χ4v) is 2.60. The van der Waals surface area contributed by atoms with Crippen LogP contribution in [0.25, 0.3) is 0 Å². The summed E-state index contributed by atoms with van der Waals surface area (Å²) in [5, 5.41) is 12.8. The quantitative estimate of drug-likeness (QED) is 0.912. The largest absolute Gasteiger partial charge is 0.472 e. The maximum atomic E-state index is 11.4. The Bertz CT molecular complexity index is 655. The maximum Gasteiger partial charge on any atom is 0.257 e. The lowest BCUT2D eigenvalue weighted by Gasteiger charge is -2.21. The molecule has 1 amide bonds. The van der Waals surface area contributed by atoms with Gasteiger partial charge in [-0.3, -0.25) is 4.79 Å². The lowest BCUT2D eigenvalue weighted by atomic mass is 10.1. The Morgan fingerprint density at radius 3 is 3.00 bits per heavy atom. The summed E-state index contributed by atoms with van der Waals surface area (Å²) < 4.78 is 5.03. The third-order valence-electron chi connectivity index (χ3n) is 3.33. The Balaban J connectivity index is 1.91. The van der Waals surface area contributed by atoms with Crippen molar-refractivity contribution in [2.75, 3.05) is 17.3 Å². The summed E-state index contributed by atoms with van der Waals surface area (Å²) in [6.45, 7) is 0.630. The highest BCUT2D eigenvalue weighted by atomic mass is 35.5. The number of anilines is 2. The first kappa shape index (κ1) is 13.0. The van der Waals surface area contributed by atoms with Crippen LogP contribution in [0.5, 0.6) is 0 Å². The van der Waals surface area contributed by atoms with E-state index in [2.05, 4.69) is 5.32 Å². The first-order chi connectivity index (χ1) is 9.56. The standard InChI is InChI=1S/C14H13ClN2O3/c1-17(6-8-2-3-20-7-8)12-5-11-9(4-10(12)15)13(18)14(19)16-11/h2-5,7,13,18H,6H2,1H3,(H,16,19). The molecule has 0 aliphatic carbocycles. The van der Waals surface area contributed by atoms with Gasteiger partial charge in [0.15, 0.2) is 6.10 Å². The van der Waals surface area contributed by atoms with Crippen LogP contribution in [-0.2, 0) is 11.3 Å². The van der Waals surface area contributed by atoms with E-state index < -0.39 is 12.0 Å². The van der Waals surface area contributed by atoms with Gasteiger partial charge in [0.25, 0.3) is 5.91 Å². The van der Waals surface area contributed by atoms with Crippen molar-refractivity contribution >= 4 is 28.9 Å². The highest BCUT2D eigenvalue weighted by molar-refractivity contribution is 6.33. The van der Waals surface area contributed by atoms with Crippen molar-refractivity contribution < 1.29 is 14.3 Å². The van der Waals surface area contributed by atoms with Crippen LogP contribution in [-0.4, -0.2) is 18.1 Å². The second kappa shape index (κ2) is 4.85. The van der Waals surface area contributed by atoms with Crippen molar-refractivity contribution in [3.63, 3.8) is 0 Å².